The van der Waals surface area contributed by atoms with Crippen molar-refractivity contribution in [1.29, 1.82) is 0 Å². The lowest BCUT2D eigenvalue weighted by atomic mass is 10.1. The number of nitrogens with zero attached hydrogens (tertiary/aromatic N) is 2. The Morgan fingerprint density at radius 2 is 1.86 bits per heavy atom. The van der Waals surface area contributed by atoms with Crippen molar-refractivity contribution in [3.05, 3.63) is 47.6 Å². The molecule has 1 N–H and O–H groups in total. The van der Waals surface area contributed by atoms with E-state index in [-0.39, 0.29) is 6.04 Å². The van der Waals surface area contributed by atoms with Gasteiger partial charge >= 0.3 is 0 Å². The zero-order chi connectivity index (χ0) is 15.7. The lowest BCUT2D eigenvalue weighted by molar-refractivity contribution is 0.602. The Labute approximate surface area is 133 Å². The molecule has 22 heavy (non-hydrogen) atoms. The molecule has 3 aromatic rings. The summed E-state index contributed by atoms with van der Waals surface area (Å²) in [5.41, 5.74) is 1.91. The average molecular weight is 333 g/mol. The van der Waals surface area contributed by atoms with Crippen LogP contribution in [0.1, 0.15) is 18.5 Å². The molecule has 0 aliphatic rings. The molecule has 0 aliphatic carbocycles. The van der Waals surface area contributed by atoms with Gasteiger partial charge in [0.1, 0.15) is 12.1 Å². The normalized spacial score (nSPS) is 13.2. The van der Waals surface area contributed by atoms with Gasteiger partial charge in [0.15, 0.2) is 9.84 Å². The number of rotatable bonds is 4. The van der Waals surface area contributed by atoms with E-state index < -0.39 is 9.84 Å². The number of aromatic nitrogens is 2. The van der Waals surface area contributed by atoms with E-state index in [4.69, 9.17) is 0 Å². The van der Waals surface area contributed by atoms with Gasteiger partial charge in [0.25, 0.3) is 0 Å². The predicted molar refractivity (Wildman–Crippen MR) is 89.0 cm³/mol. The number of sulfone groups is 1. The summed E-state index contributed by atoms with van der Waals surface area (Å²) < 4.78 is 24.0. The van der Waals surface area contributed by atoms with Crippen molar-refractivity contribution in [2.24, 2.45) is 0 Å². The minimum Gasteiger partial charge on any atom is -0.362 e. The molecule has 1 aromatic carbocycles. The van der Waals surface area contributed by atoms with Crippen molar-refractivity contribution in [1.82, 2.24) is 9.97 Å². The van der Waals surface area contributed by atoms with Crippen LogP contribution in [0.15, 0.2) is 46.9 Å². The van der Waals surface area contributed by atoms with Gasteiger partial charge in [-0.25, -0.2) is 18.4 Å². The second-order valence-corrected chi connectivity index (χ2v) is 8.00. The van der Waals surface area contributed by atoms with E-state index in [0.29, 0.717) is 4.90 Å². The van der Waals surface area contributed by atoms with Crippen LogP contribution < -0.4 is 5.32 Å². The fourth-order valence-corrected chi connectivity index (χ4v) is 3.61. The Bertz CT molecular complexity index is 902. The van der Waals surface area contributed by atoms with Crippen molar-refractivity contribution >= 4 is 37.2 Å². The van der Waals surface area contributed by atoms with Gasteiger partial charge in [0.2, 0.25) is 0 Å². The fourth-order valence-electron chi connectivity index (χ4n) is 2.18. The minimum absolute atomic E-state index is 0.00816. The summed E-state index contributed by atoms with van der Waals surface area (Å²) in [5.74, 6) is 0.791. The molecule has 2 aromatic heterocycles. The lowest BCUT2D eigenvalue weighted by Crippen LogP contribution is -2.08. The molecule has 114 valence electrons. The van der Waals surface area contributed by atoms with Crippen LogP contribution in [0.4, 0.5) is 5.82 Å². The Morgan fingerprint density at radius 1 is 1.14 bits per heavy atom. The largest absolute Gasteiger partial charge is 0.362 e. The zero-order valence-electron chi connectivity index (χ0n) is 12.1. The first-order chi connectivity index (χ1) is 10.4. The molecule has 1 atom stereocenters. The second kappa shape index (κ2) is 5.66. The molecule has 3 rings (SSSR count). The lowest BCUT2D eigenvalue weighted by Gasteiger charge is -2.15. The van der Waals surface area contributed by atoms with Gasteiger partial charge in [-0.1, -0.05) is 12.1 Å². The summed E-state index contributed by atoms with van der Waals surface area (Å²) in [7, 11) is -3.16. The highest BCUT2D eigenvalue weighted by molar-refractivity contribution is 7.90. The quantitative estimate of drug-likeness (QED) is 0.793. The molecule has 0 unspecified atom stereocenters. The maximum absolute atomic E-state index is 11.5. The number of thiophene rings is 1. The maximum atomic E-state index is 11.5. The number of hydrogen-bond donors (Lipinski definition) is 1. The standard InChI is InChI=1S/C15H15N3O2S2/c1-10(11-3-5-12(6-4-11)22(2,19)20)18-15-14-13(7-8-21-14)16-9-17-15/h3-10H,1-2H3,(H,16,17,18)/t10-/m0/s1. The van der Waals surface area contributed by atoms with E-state index in [2.05, 4.69) is 15.3 Å². The van der Waals surface area contributed by atoms with E-state index in [1.807, 2.05) is 30.5 Å². The zero-order valence-corrected chi connectivity index (χ0v) is 13.8. The highest BCUT2D eigenvalue weighted by atomic mass is 32.2. The first kappa shape index (κ1) is 14.9. The molecule has 0 spiro atoms. The molecule has 0 amide bonds. The molecule has 5 nitrogen and oxygen atoms in total. The molecule has 7 heteroatoms. The van der Waals surface area contributed by atoms with Crippen molar-refractivity contribution < 1.29 is 8.42 Å². The van der Waals surface area contributed by atoms with Gasteiger partial charge in [0, 0.05) is 12.3 Å². The van der Waals surface area contributed by atoms with Crippen LogP contribution in [0, 0.1) is 0 Å². The van der Waals surface area contributed by atoms with E-state index in [0.717, 1.165) is 21.6 Å². The number of anilines is 1. The summed E-state index contributed by atoms with van der Waals surface area (Å²) in [6.45, 7) is 2.01. The first-order valence-electron chi connectivity index (χ1n) is 6.70. The monoisotopic (exact) mass is 333 g/mol. The molecular formula is C15H15N3O2S2. The third-order valence-electron chi connectivity index (χ3n) is 3.40. The topological polar surface area (TPSA) is 72.0 Å². The Balaban J connectivity index is 1.85. The molecular weight excluding hydrogens is 318 g/mol. The minimum atomic E-state index is -3.16. The van der Waals surface area contributed by atoms with E-state index in [9.17, 15) is 8.42 Å². The number of benzene rings is 1. The Morgan fingerprint density at radius 3 is 2.55 bits per heavy atom. The van der Waals surface area contributed by atoms with Crippen LogP contribution in [0.2, 0.25) is 0 Å². The van der Waals surface area contributed by atoms with Crippen molar-refractivity contribution in [3.63, 3.8) is 0 Å². The van der Waals surface area contributed by atoms with Crippen LogP contribution in [0.25, 0.3) is 10.2 Å². The fraction of sp³-hybridized carbons (Fsp3) is 0.200. The van der Waals surface area contributed by atoms with Crippen LogP contribution in [-0.2, 0) is 9.84 Å². The summed E-state index contributed by atoms with van der Waals surface area (Å²) in [5, 5.41) is 5.34. The molecule has 0 fully saturated rings. The SMILES string of the molecule is C[C@H](Nc1ncnc2ccsc12)c1ccc(S(C)(=O)=O)cc1. The smallest absolute Gasteiger partial charge is 0.175 e. The van der Waals surface area contributed by atoms with Crippen LogP contribution in [0.3, 0.4) is 0 Å². The van der Waals surface area contributed by atoms with Crippen LogP contribution >= 0.6 is 11.3 Å². The molecule has 0 radical (unpaired) electrons. The van der Waals surface area contributed by atoms with Gasteiger partial charge in [0.05, 0.1) is 15.1 Å². The van der Waals surface area contributed by atoms with Crippen molar-refractivity contribution in [2.75, 3.05) is 11.6 Å². The Kier molecular flexibility index (Phi) is 3.84. The number of hydrogen-bond acceptors (Lipinski definition) is 6. The first-order valence-corrected chi connectivity index (χ1v) is 9.47. The van der Waals surface area contributed by atoms with E-state index in [1.54, 1.807) is 23.5 Å². The van der Waals surface area contributed by atoms with Gasteiger partial charge in [-0.15, -0.1) is 11.3 Å². The maximum Gasteiger partial charge on any atom is 0.175 e. The predicted octanol–water partition coefficient (Wildman–Crippen LogP) is 3.27. The van der Waals surface area contributed by atoms with Gasteiger partial charge in [-0.3, -0.25) is 0 Å². The summed E-state index contributed by atoms with van der Waals surface area (Å²) in [6.07, 6.45) is 2.75. The van der Waals surface area contributed by atoms with E-state index >= 15 is 0 Å². The second-order valence-electron chi connectivity index (χ2n) is 5.06. The highest BCUT2D eigenvalue weighted by Gasteiger charge is 2.12. The Hall–Kier alpha value is -1.99. The molecule has 0 bridgehead atoms. The number of nitrogens with one attached hydrogen (secondary N) is 1. The molecule has 0 saturated carbocycles. The third kappa shape index (κ3) is 2.95. The summed E-state index contributed by atoms with van der Waals surface area (Å²) in [4.78, 5) is 8.83. The number of fused-ring (bicyclic) bond motifs is 1. The molecule has 0 aliphatic heterocycles. The summed E-state index contributed by atoms with van der Waals surface area (Å²) >= 11 is 1.59. The van der Waals surface area contributed by atoms with Crippen molar-refractivity contribution in [3.8, 4) is 0 Å². The van der Waals surface area contributed by atoms with Crippen LogP contribution in [0.5, 0.6) is 0 Å². The highest BCUT2D eigenvalue weighted by Crippen LogP contribution is 2.28. The summed E-state index contributed by atoms with van der Waals surface area (Å²) in [6, 6.07) is 8.86. The van der Waals surface area contributed by atoms with Crippen molar-refractivity contribution in [2.45, 2.75) is 17.9 Å². The third-order valence-corrected chi connectivity index (χ3v) is 5.44. The van der Waals surface area contributed by atoms with Crippen LogP contribution in [-0.4, -0.2) is 24.6 Å². The van der Waals surface area contributed by atoms with Gasteiger partial charge in [-0.2, -0.15) is 0 Å². The van der Waals surface area contributed by atoms with Gasteiger partial charge in [-0.05, 0) is 36.1 Å². The average Bonchev–Trinajstić information content (AvgIpc) is 2.96. The van der Waals surface area contributed by atoms with Gasteiger partial charge < -0.3 is 5.32 Å². The molecule has 0 saturated heterocycles. The molecule has 2 heterocycles. The van der Waals surface area contributed by atoms with E-state index in [1.165, 1.54) is 12.6 Å².